The van der Waals surface area contributed by atoms with Gasteiger partial charge in [0.25, 0.3) is 0 Å². The summed E-state index contributed by atoms with van der Waals surface area (Å²) in [5, 5.41) is 7.07. The highest BCUT2D eigenvalue weighted by Gasteiger charge is 2.17. The molecule has 1 aliphatic heterocycles. The van der Waals surface area contributed by atoms with E-state index >= 15 is 0 Å². The summed E-state index contributed by atoms with van der Waals surface area (Å²) in [6.07, 6.45) is 1.04. The van der Waals surface area contributed by atoms with Crippen LogP contribution in [0.3, 0.4) is 0 Å². The van der Waals surface area contributed by atoms with E-state index in [4.69, 9.17) is 9.47 Å². The van der Waals surface area contributed by atoms with Crippen LogP contribution in [0.25, 0.3) is 0 Å². The molecule has 1 fully saturated rings. The lowest BCUT2D eigenvalue weighted by molar-refractivity contribution is 0.0731. The molecule has 0 saturated carbocycles. The fourth-order valence-corrected chi connectivity index (χ4v) is 2.99. The van der Waals surface area contributed by atoms with Crippen LogP contribution in [0, 0.1) is 0 Å². The molecule has 0 aromatic heterocycles. The predicted octanol–water partition coefficient (Wildman–Crippen LogP) is 2.77. The Balaban J connectivity index is 1.96. The van der Waals surface area contributed by atoms with Crippen LogP contribution in [-0.4, -0.2) is 39.0 Å². The van der Waals surface area contributed by atoms with Gasteiger partial charge in [0.15, 0.2) is 0 Å². The third kappa shape index (κ3) is 4.45. The molecule has 1 aromatic rings. The lowest BCUT2D eigenvalue weighted by Crippen LogP contribution is -2.43. The minimum Gasteiger partial charge on any atom is -0.382 e. The van der Waals surface area contributed by atoms with Crippen molar-refractivity contribution in [3.05, 3.63) is 28.2 Å². The molecule has 0 bridgehead atoms. The minimum absolute atomic E-state index is 0.374. The topological polar surface area (TPSA) is 42.5 Å². The Morgan fingerprint density at radius 2 is 2.40 bits per heavy atom. The van der Waals surface area contributed by atoms with Crippen molar-refractivity contribution in [1.82, 2.24) is 5.32 Å². The fourth-order valence-electron chi connectivity index (χ4n) is 2.51. The van der Waals surface area contributed by atoms with Gasteiger partial charge in [0.1, 0.15) is 0 Å². The molecule has 20 heavy (non-hydrogen) atoms. The highest BCUT2D eigenvalue weighted by Crippen LogP contribution is 2.26. The van der Waals surface area contributed by atoms with Crippen molar-refractivity contribution in [3.63, 3.8) is 0 Å². The van der Waals surface area contributed by atoms with Gasteiger partial charge in [0.05, 0.1) is 19.8 Å². The summed E-state index contributed by atoms with van der Waals surface area (Å²) in [5.74, 6) is 0. The number of nitrogens with one attached hydrogen (secondary N) is 2. The second kappa shape index (κ2) is 7.98. The SMILES string of the molecule is COCc1c(Br)cccc1NC(C)CC1COCCN1. The molecule has 5 heteroatoms. The third-order valence-electron chi connectivity index (χ3n) is 3.45. The van der Waals surface area contributed by atoms with Crippen molar-refractivity contribution in [3.8, 4) is 0 Å². The van der Waals surface area contributed by atoms with E-state index in [2.05, 4.69) is 39.6 Å². The van der Waals surface area contributed by atoms with Crippen LogP contribution in [0.4, 0.5) is 5.69 Å². The van der Waals surface area contributed by atoms with E-state index in [-0.39, 0.29) is 0 Å². The summed E-state index contributed by atoms with van der Waals surface area (Å²) in [5.41, 5.74) is 2.29. The van der Waals surface area contributed by atoms with Crippen LogP contribution in [0.15, 0.2) is 22.7 Å². The summed E-state index contributed by atoms with van der Waals surface area (Å²) >= 11 is 3.58. The van der Waals surface area contributed by atoms with Crippen molar-refractivity contribution < 1.29 is 9.47 Å². The number of morpholine rings is 1. The van der Waals surface area contributed by atoms with Crippen LogP contribution in [0.1, 0.15) is 18.9 Å². The number of anilines is 1. The molecule has 2 atom stereocenters. The fraction of sp³-hybridized carbons (Fsp3) is 0.600. The lowest BCUT2D eigenvalue weighted by Gasteiger charge is -2.27. The van der Waals surface area contributed by atoms with Gasteiger partial charge >= 0.3 is 0 Å². The Morgan fingerprint density at radius 1 is 1.55 bits per heavy atom. The summed E-state index contributed by atoms with van der Waals surface area (Å²) in [6, 6.07) is 6.99. The molecular weight excluding hydrogens is 320 g/mol. The van der Waals surface area contributed by atoms with Gasteiger partial charge in [-0.3, -0.25) is 0 Å². The first kappa shape index (κ1) is 15.8. The maximum Gasteiger partial charge on any atom is 0.0744 e. The van der Waals surface area contributed by atoms with Crippen LogP contribution >= 0.6 is 15.9 Å². The van der Waals surface area contributed by atoms with Gasteiger partial charge in [-0.1, -0.05) is 22.0 Å². The van der Waals surface area contributed by atoms with E-state index in [1.807, 2.05) is 12.1 Å². The number of hydrogen-bond acceptors (Lipinski definition) is 4. The van der Waals surface area contributed by atoms with E-state index < -0.39 is 0 Å². The van der Waals surface area contributed by atoms with Gasteiger partial charge < -0.3 is 20.1 Å². The van der Waals surface area contributed by atoms with Gasteiger partial charge in [-0.15, -0.1) is 0 Å². The van der Waals surface area contributed by atoms with Gasteiger partial charge in [0.2, 0.25) is 0 Å². The zero-order valence-electron chi connectivity index (χ0n) is 12.1. The van der Waals surface area contributed by atoms with Gasteiger partial charge in [0, 0.05) is 41.5 Å². The Hall–Kier alpha value is -0.620. The van der Waals surface area contributed by atoms with Gasteiger partial charge in [-0.25, -0.2) is 0 Å². The number of rotatable bonds is 6. The quantitative estimate of drug-likeness (QED) is 0.834. The first-order valence-corrected chi connectivity index (χ1v) is 7.84. The maximum atomic E-state index is 5.50. The highest BCUT2D eigenvalue weighted by molar-refractivity contribution is 9.10. The minimum atomic E-state index is 0.374. The van der Waals surface area contributed by atoms with Crippen molar-refractivity contribution in [2.24, 2.45) is 0 Å². The lowest BCUT2D eigenvalue weighted by atomic mass is 10.1. The molecule has 2 rings (SSSR count). The Morgan fingerprint density at radius 3 is 3.10 bits per heavy atom. The van der Waals surface area contributed by atoms with Crippen molar-refractivity contribution in [1.29, 1.82) is 0 Å². The maximum absolute atomic E-state index is 5.50. The molecule has 2 unspecified atom stereocenters. The van der Waals surface area contributed by atoms with Crippen LogP contribution in [0.5, 0.6) is 0 Å². The van der Waals surface area contributed by atoms with E-state index in [0.717, 1.165) is 41.9 Å². The molecule has 4 nitrogen and oxygen atoms in total. The van der Waals surface area contributed by atoms with E-state index in [1.54, 1.807) is 7.11 Å². The zero-order valence-corrected chi connectivity index (χ0v) is 13.7. The Labute approximate surface area is 129 Å². The van der Waals surface area contributed by atoms with Gasteiger partial charge in [-0.05, 0) is 25.5 Å². The van der Waals surface area contributed by atoms with E-state index in [9.17, 15) is 0 Å². The number of methoxy groups -OCH3 is 1. The summed E-state index contributed by atoms with van der Waals surface area (Å²) in [4.78, 5) is 0. The predicted molar refractivity (Wildman–Crippen MR) is 85.2 cm³/mol. The summed E-state index contributed by atoms with van der Waals surface area (Å²) in [6.45, 7) is 5.37. The second-order valence-corrected chi connectivity index (χ2v) is 6.06. The third-order valence-corrected chi connectivity index (χ3v) is 4.19. The second-order valence-electron chi connectivity index (χ2n) is 5.21. The average Bonchev–Trinajstić information content (AvgIpc) is 2.44. The van der Waals surface area contributed by atoms with E-state index in [0.29, 0.717) is 18.7 Å². The molecule has 2 N–H and O–H groups in total. The monoisotopic (exact) mass is 342 g/mol. The molecule has 112 valence electrons. The normalized spacial score (nSPS) is 20.6. The molecule has 1 saturated heterocycles. The first-order valence-electron chi connectivity index (χ1n) is 7.04. The number of benzene rings is 1. The number of ether oxygens (including phenoxy) is 2. The average molecular weight is 343 g/mol. The van der Waals surface area contributed by atoms with Crippen LogP contribution in [-0.2, 0) is 16.1 Å². The summed E-state index contributed by atoms with van der Waals surface area (Å²) in [7, 11) is 1.72. The molecule has 0 radical (unpaired) electrons. The first-order chi connectivity index (χ1) is 9.70. The molecule has 0 aliphatic carbocycles. The Bertz CT molecular complexity index is 422. The molecule has 0 spiro atoms. The smallest absolute Gasteiger partial charge is 0.0744 e. The number of hydrogen-bond donors (Lipinski definition) is 2. The molecule has 1 aromatic carbocycles. The van der Waals surface area contributed by atoms with Crippen molar-refractivity contribution in [2.75, 3.05) is 32.2 Å². The molecule has 1 heterocycles. The van der Waals surface area contributed by atoms with Crippen LogP contribution < -0.4 is 10.6 Å². The van der Waals surface area contributed by atoms with Crippen molar-refractivity contribution in [2.45, 2.75) is 32.0 Å². The molecule has 1 aliphatic rings. The van der Waals surface area contributed by atoms with E-state index in [1.165, 1.54) is 0 Å². The highest BCUT2D eigenvalue weighted by atomic mass is 79.9. The largest absolute Gasteiger partial charge is 0.382 e. The number of halogens is 1. The van der Waals surface area contributed by atoms with Crippen molar-refractivity contribution >= 4 is 21.6 Å². The zero-order chi connectivity index (χ0) is 14.4. The Kier molecular flexibility index (Phi) is 6.29. The molecular formula is C15H23BrN2O2. The summed E-state index contributed by atoms with van der Waals surface area (Å²) < 4.78 is 11.9. The van der Waals surface area contributed by atoms with Gasteiger partial charge in [-0.2, -0.15) is 0 Å². The standard InChI is InChI=1S/C15H23BrN2O2/c1-11(8-12-9-20-7-6-17-12)18-15-5-3-4-14(16)13(15)10-19-2/h3-5,11-12,17-18H,6-10H2,1-2H3. The van der Waals surface area contributed by atoms with Crippen LogP contribution in [0.2, 0.25) is 0 Å². The molecule has 0 amide bonds.